The molecule has 2 fully saturated rings. The van der Waals surface area contributed by atoms with Crippen molar-refractivity contribution >= 4 is 29.0 Å². The van der Waals surface area contributed by atoms with Gasteiger partial charge < -0.3 is 16.0 Å². The number of Topliss-reactive ketones (excluding diaryl/α,β-unsaturated/α-hetero) is 1. The Labute approximate surface area is 211 Å². The SMILES string of the molecule is Cc1c(Nc2nc(N3CCC[C@@H](CC(=O)c4ccc(C5CC5)cc4)[C@H]3C)cnc2C(N)=O)cnn1C. The third kappa shape index (κ3) is 4.82. The predicted molar refractivity (Wildman–Crippen MR) is 139 cm³/mol. The Morgan fingerprint density at radius 2 is 1.89 bits per heavy atom. The molecule has 2 aromatic heterocycles. The summed E-state index contributed by atoms with van der Waals surface area (Å²) in [5.74, 6) is 1.37. The number of aryl methyl sites for hydroxylation is 1. The minimum Gasteiger partial charge on any atom is -0.364 e. The Balaban J connectivity index is 1.33. The van der Waals surface area contributed by atoms with Gasteiger partial charge in [-0.15, -0.1) is 0 Å². The number of carbonyl (C=O) groups excluding carboxylic acids is 2. The van der Waals surface area contributed by atoms with Crippen LogP contribution >= 0.6 is 0 Å². The van der Waals surface area contributed by atoms with Crippen molar-refractivity contribution in [3.63, 3.8) is 0 Å². The maximum absolute atomic E-state index is 13.1. The number of rotatable bonds is 8. The number of nitrogens with one attached hydrogen (secondary N) is 1. The highest BCUT2D eigenvalue weighted by atomic mass is 16.1. The molecule has 0 spiro atoms. The van der Waals surface area contributed by atoms with Crippen LogP contribution in [0.3, 0.4) is 0 Å². The zero-order valence-electron chi connectivity index (χ0n) is 21.1. The van der Waals surface area contributed by atoms with Gasteiger partial charge in [-0.3, -0.25) is 14.3 Å². The minimum atomic E-state index is -0.652. The fourth-order valence-electron chi connectivity index (χ4n) is 5.07. The van der Waals surface area contributed by atoms with Crippen molar-refractivity contribution in [1.82, 2.24) is 19.7 Å². The van der Waals surface area contributed by atoms with E-state index in [9.17, 15) is 9.59 Å². The molecule has 1 saturated heterocycles. The highest BCUT2D eigenvalue weighted by Crippen LogP contribution is 2.40. The summed E-state index contributed by atoms with van der Waals surface area (Å²) in [6.45, 7) is 4.86. The quantitative estimate of drug-likeness (QED) is 0.459. The molecular weight excluding hydrogens is 454 g/mol. The number of amides is 1. The molecule has 0 radical (unpaired) electrons. The lowest BCUT2D eigenvalue weighted by atomic mass is 9.85. The first kappa shape index (κ1) is 24.0. The molecule has 0 bridgehead atoms. The standard InChI is InChI=1S/C27H33N7O2/c1-16-21(13-23(35)20-10-8-19(9-11-20)18-6-7-18)5-4-12-34(16)24-15-29-25(26(28)36)27(32-24)31-22-14-30-33(3)17(22)2/h8-11,14-16,18,21H,4-7,12-13H2,1-3H3,(H2,28,36)(H,31,32)/t16-,21+/m1/s1. The van der Waals surface area contributed by atoms with E-state index in [0.29, 0.717) is 24.0 Å². The molecule has 1 aliphatic carbocycles. The average Bonchev–Trinajstić information content (AvgIpc) is 3.68. The van der Waals surface area contributed by atoms with Gasteiger partial charge in [0.2, 0.25) is 0 Å². The van der Waals surface area contributed by atoms with E-state index in [-0.39, 0.29) is 23.4 Å². The first-order valence-electron chi connectivity index (χ1n) is 12.6. The number of benzene rings is 1. The van der Waals surface area contributed by atoms with Crippen molar-refractivity contribution in [2.45, 2.75) is 57.9 Å². The van der Waals surface area contributed by atoms with E-state index in [2.05, 4.69) is 39.4 Å². The number of nitrogens with zero attached hydrogens (tertiary/aromatic N) is 5. The lowest BCUT2D eigenvalue weighted by molar-refractivity contribution is 0.0944. The molecule has 0 unspecified atom stereocenters. The summed E-state index contributed by atoms with van der Waals surface area (Å²) in [4.78, 5) is 36.4. The van der Waals surface area contributed by atoms with E-state index in [1.54, 1.807) is 17.1 Å². The molecule has 1 amide bonds. The molecule has 1 saturated carbocycles. The van der Waals surface area contributed by atoms with Gasteiger partial charge >= 0.3 is 0 Å². The van der Waals surface area contributed by atoms with Crippen molar-refractivity contribution in [2.24, 2.45) is 18.7 Å². The van der Waals surface area contributed by atoms with Crippen molar-refractivity contribution in [3.05, 3.63) is 59.2 Å². The van der Waals surface area contributed by atoms with Crippen LogP contribution < -0.4 is 16.0 Å². The molecule has 2 atom stereocenters. The van der Waals surface area contributed by atoms with Gasteiger partial charge in [-0.1, -0.05) is 24.3 Å². The summed E-state index contributed by atoms with van der Waals surface area (Å²) in [6, 6.07) is 8.27. The highest BCUT2D eigenvalue weighted by Gasteiger charge is 2.32. The van der Waals surface area contributed by atoms with E-state index in [4.69, 9.17) is 10.7 Å². The molecule has 36 heavy (non-hydrogen) atoms. The van der Waals surface area contributed by atoms with E-state index >= 15 is 0 Å². The summed E-state index contributed by atoms with van der Waals surface area (Å²) in [5, 5.41) is 7.42. The monoisotopic (exact) mass is 487 g/mol. The fourth-order valence-corrected chi connectivity index (χ4v) is 5.07. The summed E-state index contributed by atoms with van der Waals surface area (Å²) in [7, 11) is 1.84. The Bertz CT molecular complexity index is 1280. The average molecular weight is 488 g/mol. The number of hydrogen-bond acceptors (Lipinski definition) is 7. The van der Waals surface area contributed by atoms with Crippen LogP contribution in [0, 0.1) is 12.8 Å². The van der Waals surface area contributed by atoms with Gasteiger partial charge in [-0.2, -0.15) is 5.10 Å². The third-order valence-corrected chi connectivity index (χ3v) is 7.65. The maximum Gasteiger partial charge on any atom is 0.271 e. The van der Waals surface area contributed by atoms with E-state index in [1.807, 2.05) is 26.1 Å². The molecule has 9 heteroatoms. The molecule has 9 nitrogen and oxygen atoms in total. The predicted octanol–water partition coefficient (Wildman–Crippen LogP) is 4.12. The summed E-state index contributed by atoms with van der Waals surface area (Å²) < 4.78 is 1.73. The lowest BCUT2D eigenvalue weighted by Gasteiger charge is -2.40. The van der Waals surface area contributed by atoms with E-state index in [1.165, 1.54) is 18.4 Å². The largest absolute Gasteiger partial charge is 0.364 e. The van der Waals surface area contributed by atoms with Crippen molar-refractivity contribution < 1.29 is 9.59 Å². The number of piperidine rings is 1. The number of anilines is 3. The maximum atomic E-state index is 13.1. The van der Waals surface area contributed by atoms with Crippen LogP contribution in [0.5, 0.6) is 0 Å². The molecular formula is C27H33N7O2. The van der Waals surface area contributed by atoms with Crippen molar-refractivity contribution in [2.75, 3.05) is 16.8 Å². The minimum absolute atomic E-state index is 0.0769. The van der Waals surface area contributed by atoms with Crippen LogP contribution in [-0.2, 0) is 7.05 Å². The molecule has 5 rings (SSSR count). The molecule has 1 aromatic carbocycles. The van der Waals surface area contributed by atoms with Gasteiger partial charge in [0.25, 0.3) is 5.91 Å². The Hall–Kier alpha value is -3.75. The van der Waals surface area contributed by atoms with Gasteiger partial charge in [-0.05, 0) is 56.9 Å². The number of carbonyl (C=O) groups is 2. The van der Waals surface area contributed by atoms with Crippen LogP contribution in [0.1, 0.15) is 77.0 Å². The summed E-state index contributed by atoms with van der Waals surface area (Å²) >= 11 is 0. The van der Waals surface area contributed by atoms with Crippen LogP contribution in [0.15, 0.2) is 36.7 Å². The van der Waals surface area contributed by atoms with Crippen LogP contribution in [0.25, 0.3) is 0 Å². The number of hydrogen-bond donors (Lipinski definition) is 2. The normalized spacial score (nSPS) is 19.8. The van der Waals surface area contributed by atoms with Crippen molar-refractivity contribution in [3.8, 4) is 0 Å². The number of primary amides is 1. The molecule has 3 heterocycles. The van der Waals surface area contributed by atoms with Gasteiger partial charge in [0.1, 0.15) is 5.82 Å². The molecule has 3 aromatic rings. The lowest BCUT2D eigenvalue weighted by Crippen LogP contribution is -2.44. The second-order valence-corrected chi connectivity index (χ2v) is 10.0. The van der Waals surface area contributed by atoms with Gasteiger partial charge in [0, 0.05) is 31.6 Å². The second-order valence-electron chi connectivity index (χ2n) is 10.0. The van der Waals surface area contributed by atoms with Crippen LogP contribution in [0.2, 0.25) is 0 Å². The Morgan fingerprint density at radius 3 is 2.53 bits per heavy atom. The first-order chi connectivity index (χ1) is 17.3. The van der Waals surface area contributed by atoms with E-state index in [0.717, 1.165) is 36.3 Å². The zero-order valence-corrected chi connectivity index (χ0v) is 21.1. The first-order valence-corrected chi connectivity index (χ1v) is 12.6. The van der Waals surface area contributed by atoms with Crippen LogP contribution in [0.4, 0.5) is 17.3 Å². The topological polar surface area (TPSA) is 119 Å². The molecule has 1 aliphatic heterocycles. The second kappa shape index (κ2) is 9.72. The summed E-state index contributed by atoms with van der Waals surface area (Å²) in [5.41, 5.74) is 9.40. The number of nitrogens with two attached hydrogens (primary N) is 1. The third-order valence-electron chi connectivity index (χ3n) is 7.65. The molecule has 188 valence electrons. The van der Waals surface area contributed by atoms with Gasteiger partial charge in [-0.25, -0.2) is 9.97 Å². The zero-order chi connectivity index (χ0) is 25.4. The Morgan fingerprint density at radius 1 is 1.14 bits per heavy atom. The fraction of sp³-hybridized carbons (Fsp3) is 0.444. The van der Waals surface area contributed by atoms with Crippen molar-refractivity contribution in [1.29, 1.82) is 0 Å². The highest BCUT2D eigenvalue weighted by molar-refractivity contribution is 5.97. The Kier molecular flexibility index (Phi) is 6.47. The number of aromatic nitrogens is 4. The number of ketones is 1. The van der Waals surface area contributed by atoms with Gasteiger partial charge in [0.15, 0.2) is 17.3 Å². The van der Waals surface area contributed by atoms with Gasteiger partial charge in [0.05, 0.1) is 23.8 Å². The van der Waals surface area contributed by atoms with E-state index < -0.39 is 5.91 Å². The smallest absolute Gasteiger partial charge is 0.271 e. The summed E-state index contributed by atoms with van der Waals surface area (Å²) in [6.07, 6.45) is 8.21. The molecule has 2 aliphatic rings. The molecule has 3 N–H and O–H groups in total. The van der Waals surface area contributed by atoms with Crippen LogP contribution in [-0.4, -0.2) is 44.0 Å².